The molecule has 4 nitrogen and oxygen atoms in total. The first kappa shape index (κ1) is 14.8. The molecule has 0 amide bonds. The van der Waals surface area contributed by atoms with Crippen LogP contribution in [-0.2, 0) is 12.1 Å². The summed E-state index contributed by atoms with van der Waals surface area (Å²) in [4.78, 5) is 0. The maximum Gasteiger partial charge on any atom is 0.0914 e. The Morgan fingerprint density at radius 2 is 1.95 bits per heavy atom. The lowest BCUT2D eigenvalue weighted by atomic mass is 10.1. The number of nitrogens with one attached hydrogen (secondary N) is 1. The third kappa shape index (κ3) is 3.92. The molecule has 2 N–H and O–H groups in total. The number of nitrogens with zero attached hydrogens (tertiary/aromatic N) is 2. The molecule has 20 heavy (non-hydrogen) atoms. The van der Waals surface area contributed by atoms with E-state index in [1.807, 2.05) is 47.4 Å². The van der Waals surface area contributed by atoms with Crippen molar-refractivity contribution in [1.82, 2.24) is 15.1 Å². The average molecular weight is 273 g/mol. The van der Waals surface area contributed by atoms with Gasteiger partial charge >= 0.3 is 0 Å². The molecule has 1 unspecified atom stereocenters. The molecule has 108 valence electrons. The molecule has 1 heterocycles. The van der Waals surface area contributed by atoms with Gasteiger partial charge in [0.15, 0.2) is 0 Å². The van der Waals surface area contributed by atoms with Gasteiger partial charge in [0.25, 0.3) is 0 Å². The van der Waals surface area contributed by atoms with Gasteiger partial charge in [0, 0.05) is 24.8 Å². The highest BCUT2D eigenvalue weighted by Gasteiger charge is 2.14. The monoisotopic (exact) mass is 273 g/mol. The van der Waals surface area contributed by atoms with Crippen LogP contribution in [0.2, 0.25) is 0 Å². The number of hydrogen-bond donors (Lipinski definition) is 2. The van der Waals surface area contributed by atoms with Gasteiger partial charge in [-0.3, -0.25) is 4.68 Å². The molecule has 0 fully saturated rings. The van der Waals surface area contributed by atoms with Crippen molar-refractivity contribution in [3.8, 4) is 0 Å². The van der Waals surface area contributed by atoms with Crippen LogP contribution in [0.5, 0.6) is 0 Å². The fourth-order valence-corrected chi connectivity index (χ4v) is 1.96. The van der Waals surface area contributed by atoms with Crippen LogP contribution in [0.3, 0.4) is 0 Å². The number of aliphatic hydroxyl groups is 1. The zero-order valence-corrected chi connectivity index (χ0v) is 12.4. The maximum atomic E-state index is 10.0. The van der Waals surface area contributed by atoms with Crippen molar-refractivity contribution < 1.29 is 5.11 Å². The second-order valence-corrected chi connectivity index (χ2v) is 6.02. The molecule has 2 rings (SSSR count). The smallest absolute Gasteiger partial charge is 0.0914 e. The summed E-state index contributed by atoms with van der Waals surface area (Å²) in [7, 11) is 0. The van der Waals surface area contributed by atoms with E-state index in [4.69, 9.17) is 0 Å². The van der Waals surface area contributed by atoms with Gasteiger partial charge in [-0.15, -0.1) is 0 Å². The molecule has 0 aliphatic rings. The van der Waals surface area contributed by atoms with Gasteiger partial charge < -0.3 is 10.4 Å². The first-order valence-electron chi connectivity index (χ1n) is 6.94. The van der Waals surface area contributed by atoms with Crippen molar-refractivity contribution in [2.45, 2.75) is 39.0 Å². The third-order valence-electron chi connectivity index (χ3n) is 3.17. The van der Waals surface area contributed by atoms with Crippen molar-refractivity contribution in [2.24, 2.45) is 0 Å². The minimum atomic E-state index is -0.478. The van der Waals surface area contributed by atoms with Gasteiger partial charge in [0.2, 0.25) is 0 Å². The fourth-order valence-electron chi connectivity index (χ4n) is 1.96. The van der Waals surface area contributed by atoms with E-state index < -0.39 is 6.10 Å². The minimum Gasteiger partial charge on any atom is -0.387 e. The van der Waals surface area contributed by atoms with Crippen LogP contribution in [0.1, 0.15) is 38.0 Å². The van der Waals surface area contributed by atoms with E-state index in [1.165, 1.54) is 0 Å². The second-order valence-electron chi connectivity index (χ2n) is 6.02. The molecule has 1 atom stereocenters. The summed E-state index contributed by atoms with van der Waals surface area (Å²) in [6, 6.07) is 9.69. The molecule has 2 aromatic rings. The normalized spacial score (nSPS) is 13.4. The number of hydrogen-bond acceptors (Lipinski definition) is 3. The van der Waals surface area contributed by atoms with Crippen LogP contribution in [0.15, 0.2) is 42.7 Å². The maximum absolute atomic E-state index is 10.0. The molecule has 0 aliphatic carbocycles. The Bertz CT molecular complexity index is 528. The second kappa shape index (κ2) is 6.20. The van der Waals surface area contributed by atoms with Gasteiger partial charge in [-0.25, -0.2) is 0 Å². The summed E-state index contributed by atoms with van der Waals surface area (Å²) in [5.74, 6) is 0. The quantitative estimate of drug-likeness (QED) is 0.880. The van der Waals surface area contributed by atoms with Crippen molar-refractivity contribution in [1.29, 1.82) is 0 Å². The van der Waals surface area contributed by atoms with E-state index in [-0.39, 0.29) is 5.54 Å². The number of aromatic nitrogens is 2. The average Bonchev–Trinajstić information content (AvgIpc) is 2.88. The number of benzene rings is 1. The predicted octanol–water partition coefficient (Wildman–Crippen LogP) is 2.46. The number of aliphatic hydroxyl groups excluding tert-OH is 1. The molecule has 1 aromatic heterocycles. The van der Waals surface area contributed by atoms with Crippen LogP contribution >= 0.6 is 0 Å². The molecule has 0 bridgehead atoms. The van der Waals surface area contributed by atoms with Gasteiger partial charge in [-0.1, -0.05) is 30.3 Å². The summed E-state index contributed by atoms with van der Waals surface area (Å²) >= 11 is 0. The van der Waals surface area contributed by atoms with Crippen LogP contribution in [0, 0.1) is 0 Å². The van der Waals surface area contributed by atoms with Crippen LogP contribution in [0.4, 0.5) is 0 Å². The van der Waals surface area contributed by atoms with Crippen molar-refractivity contribution >= 4 is 0 Å². The van der Waals surface area contributed by atoms with E-state index in [9.17, 15) is 5.11 Å². The molecular weight excluding hydrogens is 250 g/mol. The summed E-state index contributed by atoms with van der Waals surface area (Å²) in [5.41, 5.74) is 2.06. The van der Waals surface area contributed by atoms with Crippen molar-refractivity contribution in [3.05, 3.63) is 53.9 Å². The summed E-state index contributed by atoms with van der Waals surface area (Å²) in [5, 5.41) is 17.7. The molecule has 0 radical (unpaired) electrons. The molecule has 1 aromatic carbocycles. The molecular formula is C16H23N3O. The van der Waals surface area contributed by atoms with Gasteiger partial charge in [-0.05, 0) is 26.3 Å². The Morgan fingerprint density at radius 1 is 1.25 bits per heavy atom. The van der Waals surface area contributed by atoms with Crippen molar-refractivity contribution in [3.63, 3.8) is 0 Å². The summed E-state index contributed by atoms with van der Waals surface area (Å²) < 4.78 is 1.96. The number of rotatable bonds is 5. The Morgan fingerprint density at radius 3 is 2.55 bits per heavy atom. The molecule has 0 saturated heterocycles. The van der Waals surface area contributed by atoms with Crippen LogP contribution in [-0.4, -0.2) is 21.4 Å². The Kier molecular flexibility index (Phi) is 4.57. The van der Waals surface area contributed by atoms with E-state index in [1.54, 1.807) is 0 Å². The van der Waals surface area contributed by atoms with E-state index in [2.05, 4.69) is 31.2 Å². The lowest BCUT2D eigenvalue weighted by molar-refractivity contribution is 0.174. The zero-order chi connectivity index (χ0) is 14.6. The van der Waals surface area contributed by atoms with E-state index in [0.29, 0.717) is 13.1 Å². The fraction of sp³-hybridized carbons (Fsp3) is 0.438. The lowest BCUT2D eigenvalue weighted by Gasteiger charge is -2.18. The third-order valence-corrected chi connectivity index (χ3v) is 3.17. The first-order valence-corrected chi connectivity index (χ1v) is 6.94. The lowest BCUT2D eigenvalue weighted by Crippen LogP contribution is -2.22. The molecule has 4 heteroatoms. The predicted molar refractivity (Wildman–Crippen MR) is 80.3 cm³/mol. The van der Waals surface area contributed by atoms with Gasteiger partial charge in [-0.2, -0.15) is 5.10 Å². The molecule has 0 saturated carbocycles. The Hall–Kier alpha value is -1.65. The highest BCUT2D eigenvalue weighted by molar-refractivity contribution is 5.17. The minimum absolute atomic E-state index is 0.00179. The highest BCUT2D eigenvalue weighted by Crippen LogP contribution is 2.14. The van der Waals surface area contributed by atoms with Crippen LogP contribution < -0.4 is 5.32 Å². The SMILES string of the molecule is CC(C)(C)n1cc(CNCC(O)c2ccccc2)cn1. The van der Waals surface area contributed by atoms with Gasteiger partial charge in [0.1, 0.15) is 0 Å². The summed E-state index contributed by atoms with van der Waals surface area (Å²) in [6.07, 6.45) is 3.43. The highest BCUT2D eigenvalue weighted by atomic mass is 16.3. The Labute approximate surface area is 120 Å². The Balaban J connectivity index is 1.83. The summed E-state index contributed by atoms with van der Waals surface area (Å²) in [6.45, 7) is 7.60. The standard InChI is InChI=1S/C16H23N3O/c1-16(2,3)19-12-13(10-18-19)9-17-11-15(20)14-7-5-4-6-8-14/h4-8,10,12,15,17,20H,9,11H2,1-3H3. The van der Waals surface area contributed by atoms with Gasteiger partial charge in [0.05, 0.1) is 17.8 Å². The zero-order valence-electron chi connectivity index (χ0n) is 12.4. The molecule has 0 aliphatic heterocycles. The van der Waals surface area contributed by atoms with E-state index >= 15 is 0 Å². The largest absolute Gasteiger partial charge is 0.387 e. The van der Waals surface area contributed by atoms with Crippen LogP contribution in [0.25, 0.3) is 0 Å². The molecule has 0 spiro atoms. The first-order chi connectivity index (χ1) is 9.47. The van der Waals surface area contributed by atoms with E-state index in [0.717, 1.165) is 11.1 Å². The topological polar surface area (TPSA) is 50.1 Å². The van der Waals surface area contributed by atoms with Crippen molar-refractivity contribution in [2.75, 3.05) is 6.54 Å².